The molecule has 1 N–H and O–H groups in total. The highest BCUT2D eigenvalue weighted by atomic mass is 79.9. The number of hydrogen-bond donors (Lipinski definition) is 1. The lowest BCUT2D eigenvalue weighted by atomic mass is 10.1. The van der Waals surface area contributed by atoms with Crippen LogP contribution >= 0.6 is 39.3 Å². The number of nitrogens with zero attached hydrogens (tertiary/aromatic N) is 1. The van der Waals surface area contributed by atoms with Crippen molar-refractivity contribution in [2.45, 2.75) is 50.7 Å². The van der Waals surface area contributed by atoms with E-state index in [9.17, 15) is 9.59 Å². The van der Waals surface area contributed by atoms with Gasteiger partial charge in [-0.15, -0.1) is 11.8 Å². The summed E-state index contributed by atoms with van der Waals surface area (Å²) >= 11 is 10.8. The first-order chi connectivity index (χ1) is 13.8. The highest BCUT2D eigenvalue weighted by molar-refractivity contribution is 9.10. The van der Waals surface area contributed by atoms with Gasteiger partial charge in [0.1, 0.15) is 6.04 Å². The summed E-state index contributed by atoms with van der Waals surface area (Å²) in [5, 5.41) is 3.64. The van der Waals surface area contributed by atoms with Crippen molar-refractivity contribution in [2.24, 2.45) is 0 Å². The van der Waals surface area contributed by atoms with Gasteiger partial charge in [-0.1, -0.05) is 46.6 Å². The summed E-state index contributed by atoms with van der Waals surface area (Å²) in [4.78, 5) is 28.4. The van der Waals surface area contributed by atoms with Crippen LogP contribution in [-0.4, -0.2) is 34.6 Å². The van der Waals surface area contributed by atoms with Crippen molar-refractivity contribution in [1.29, 1.82) is 0 Å². The molecule has 2 amide bonds. The summed E-state index contributed by atoms with van der Waals surface area (Å²) in [5.41, 5.74) is 0.965. The number of halogens is 2. The van der Waals surface area contributed by atoms with Crippen molar-refractivity contribution in [3.63, 3.8) is 0 Å². The average molecular weight is 498 g/mol. The number of amides is 2. The number of carbonyl (C=O) groups excluding carboxylic acids is 2. The fourth-order valence-corrected chi connectivity index (χ4v) is 4.00. The predicted octanol–water partition coefficient (Wildman–Crippen LogP) is 5.53. The molecule has 0 heterocycles. The van der Waals surface area contributed by atoms with Crippen LogP contribution in [0, 0.1) is 0 Å². The molecule has 29 heavy (non-hydrogen) atoms. The van der Waals surface area contributed by atoms with Crippen LogP contribution in [0.15, 0.2) is 57.9 Å². The quantitative estimate of drug-likeness (QED) is 0.464. The maximum Gasteiger partial charge on any atom is 0.242 e. The van der Waals surface area contributed by atoms with Crippen molar-refractivity contribution in [2.75, 3.05) is 5.75 Å². The van der Waals surface area contributed by atoms with Gasteiger partial charge in [-0.25, -0.2) is 0 Å². The van der Waals surface area contributed by atoms with Crippen molar-refractivity contribution >= 4 is 51.1 Å². The van der Waals surface area contributed by atoms with Crippen molar-refractivity contribution in [3.05, 3.63) is 63.6 Å². The summed E-state index contributed by atoms with van der Waals surface area (Å²) in [7, 11) is 0. The molecule has 2 aromatic rings. The molecule has 0 bridgehead atoms. The Balaban J connectivity index is 2.14. The number of nitrogens with one attached hydrogen (secondary N) is 1. The van der Waals surface area contributed by atoms with E-state index in [2.05, 4.69) is 21.2 Å². The molecule has 2 atom stereocenters. The fraction of sp³-hybridized carbons (Fsp3) is 0.364. The van der Waals surface area contributed by atoms with Gasteiger partial charge in [0.25, 0.3) is 0 Å². The molecule has 2 unspecified atom stereocenters. The molecule has 0 fully saturated rings. The van der Waals surface area contributed by atoms with Gasteiger partial charge < -0.3 is 10.2 Å². The second kappa shape index (κ2) is 11.6. The lowest BCUT2D eigenvalue weighted by molar-refractivity contribution is -0.138. The van der Waals surface area contributed by atoms with E-state index < -0.39 is 6.04 Å². The molecule has 0 saturated carbocycles. The minimum atomic E-state index is -0.568. The van der Waals surface area contributed by atoms with Crippen LogP contribution in [-0.2, 0) is 16.1 Å². The third kappa shape index (κ3) is 7.68. The Morgan fingerprint density at radius 3 is 2.48 bits per heavy atom. The Morgan fingerprint density at radius 2 is 1.86 bits per heavy atom. The summed E-state index contributed by atoms with van der Waals surface area (Å²) in [6, 6.07) is 14.7. The van der Waals surface area contributed by atoms with Crippen LogP contribution in [0.4, 0.5) is 0 Å². The molecule has 0 spiro atoms. The molecule has 4 nitrogen and oxygen atoms in total. The van der Waals surface area contributed by atoms with Crippen LogP contribution in [0.3, 0.4) is 0 Å². The molecule has 2 rings (SSSR count). The van der Waals surface area contributed by atoms with Crippen molar-refractivity contribution in [1.82, 2.24) is 10.2 Å². The Labute approximate surface area is 190 Å². The molecule has 156 valence electrons. The molecule has 0 aliphatic rings. The Bertz CT molecular complexity index is 832. The van der Waals surface area contributed by atoms with Gasteiger partial charge in [0, 0.05) is 27.0 Å². The standard InChI is InChI=1S/C22H26BrClN2O2S/c1-4-15(2)25-22(28)16(3)26(13-17-6-5-7-18(23)12-17)21(27)14-29-20-10-8-19(24)9-11-20/h5-12,15-16H,4,13-14H2,1-3H3,(H,25,28). The van der Waals surface area contributed by atoms with Crippen molar-refractivity contribution < 1.29 is 9.59 Å². The molecule has 7 heteroatoms. The number of benzene rings is 2. The lowest BCUT2D eigenvalue weighted by Crippen LogP contribution is -2.50. The van der Waals surface area contributed by atoms with E-state index in [0.29, 0.717) is 11.6 Å². The van der Waals surface area contributed by atoms with Crippen LogP contribution in [0.1, 0.15) is 32.8 Å². The van der Waals surface area contributed by atoms with E-state index in [4.69, 9.17) is 11.6 Å². The van der Waals surface area contributed by atoms with Gasteiger partial charge in [0.2, 0.25) is 11.8 Å². The first-order valence-electron chi connectivity index (χ1n) is 9.52. The van der Waals surface area contributed by atoms with Crippen molar-refractivity contribution in [3.8, 4) is 0 Å². The van der Waals surface area contributed by atoms with Crippen LogP contribution in [0.5, 0.6) is 0 Å². The summed E-state index contributed by atoms with van der Waals surface area (Å²) in [6.45, 7) is 6.12. The second-order valence-corrected chi connectivity index (χ2v) is 9.29. The zero-order chi connectivity index (χ0) is 21.4. The molecule has 0 saturated heterocycles. The molecule has 2 aromatic carbocycles. The monoisotopic (exact) mass is 496 g/mol. The predicted molar refractivity (Wildman–Crippen MR) is 124 cm³/mol. The zero-order valence-electron chi connectivity index (χ0n) is 16.8. The topological polar surface area (TPSA) is 49.4 Å². The Morgan fingerprint density at radius 1 is 1.17 bits per heavy atom. The third-order valence-corrected chi connectivity index (χ3v) is 6.33. The highest BCUT2D eigenvalue weighted by Crippen LogP contribution is 2.22. The van der Waals surface area contributed by atoms with Gasteiger partial charge in [-0.2, -0.15) is 0 Å². The molecular weight excluding hydrogens is 472 g/mol. The average Bonchev–Trinajstić information content (AvgIpc) is 2.70. The third-order valence-electron chi connectivity index (χ3n) is 4.59. The normalized spacial score (nSPS) is 12.9. The van der Waals surface area contributed by atoms with Crippen LogP contribution in [0.25, 0.3) is 0 Å². The number of thioether (sulfide) groups is 1. The molecule has 0 aliphatic heterocycles. The smallest absolute Gasteiger partial charge is 0.242 e. The minimum absolute atomic E-state index is 0.0659. The summed E-state index contributed by atoms with van der Waals surface area (Å²) in [6.07, 6.45) is 0.838. The van der Waals surface area contributed by atoms with Gasteiger partial charge in [0.15, 0.2) is 0 Å². The minimum Gasteiger partial charge on any atom is -0.352 e. The maximum atomic E-state index is 13.1. The van der Waals surface area contributed by atoms with E-state index in [1.807, 2.05) is 50.2 Å². The SMILES string of the molecule is CCC(C)NC(=O)C(C)N(Cc1cccc(Br)c1)C(=O)CSc1ccc(Cl)cc1. The summed E-state index contributed by atoms with van der Waals surface area (Å²) < 4.78 is 0.939. The molecule has 0 aliphatic carbocycles. The van der Waals surface area contributed by atoms with E-state index in [0.717, 1.165) is 21.4 Å². The van der Waals surface area contributed by atoms with E-state index in [-0.39, 0.29) is 23.6 Å². The molecule has 0 aromatic heterocycles. The molecular formula is C22H26BrClN2O2S. The maximum absolute atomic E-state index is 13.1. The van der Waals surface area contributed by atoms with Gasteiger partial charge in [-0.05, 0) is 62.2 Å². The van der Waals surface area contributed by atoms with E-state index >= 15 is 0 Å². The first-order valence-corrected chi connectivity index (χ1v) is 11.7. The zero-order valence-corrected chi connectivity index (χ0v) is 20.0. The Hall–Kier alpha value is -1.50. The summed E-state index contributed by atoms with van der Waals surface area (Å²) in [5.74, 6) is 0.0206. The fourth-order valence-electron chi connectivity index (χ4n) is 2.64. The number of rotatable bonds is 9. The van der Waals surface area contributed by atoms with E-state index in [1.54, 1.807) is 24.0 Å². The van der Waals surface area contributed by atoms with E-state index in [1.165, 1.54) is 11.8 Å². The van der Waals surface area contributed by atoms with Crippen LogP contribution < -0.4 is 5.32 Å². The van der Waals surface area contributed by atoms with Crippen LogP contribution in [0.2, 0.25) is 5.02 Å². The first kappa shape index (κ1) is 23.8. The Kier molecular flexibility index (Phi) is 9.53. The lowest BCUT2D eigenvalue weighted by Gasteiger charge is -2.29. The van der Waals surface area contributed by atoms with Gasteiger partial charge >= 0.3 is 0 Å². The second-order valence-electron chi connectivity index (χ2n) is 6.89. The number of carbonyl (C=O) groups is 2. The molecule has 0 radical (unpaired) electrons. The van der Waals surface area contributed by atoms with Gasteiger partial charge in [0.05, 0.1) is 5.75 Å². The largest absolute Gasteiger partial charge is 0.352 e. The highest BCUT2D eigenvalue weighted by Gasteiger charge is 2.26. The number of hydrogen-bond acceptors (Lipinski definition) is 3. The van der Waals surface area contributed by atoms with Gasteiger partial charge in [-0.3, -0.25) is 9.59 Å².